The van der Waals surface area contributed by atoms with Crippen molar-refractivity contribution < 1.29 is 27.4 Å². The molecule has 0 bridgehead atoms. The summed E-state index contributed by atoms with van der Waals surface area (Å²) >= 11 is 5.56. The van der Waals surface area contributed by atoms with E-state index in [1.54, 1.807) is 0 Å². The number of sulfonamides is 1. The Balaban J connectivity index is 2.35. The van der Waals surface area contributed by atoms with Crippen LogP contribution in [0, 0.1) is 0 Å². The van der Waals surface area contributed by atoms with Crippen molar-refractivity contribution in [1.82, 2.24) is 4.31 Å². The van der Waals surface area contributed by atoms with Crippen LogP contribution in [0.25, 0.3) is 0 Å². The molecule has 0 radical (unpaired) electrons. The molecule has 1 aromatic carbocycles. The largest absolute Gasteiger partial charge is 0.495 e. The Morgan fingerprint density at radius 2 is 2.04 bits per heavy atom. The summed E-state index contributed by atoms with van der Waals surface area (Å²) in [6.07, 6.45) is 0. The van der Waals surface area contributed by atoms with Gasteiger partial charge < -0.3 is 14.2 Å². The van der Waals surface area contributed by atoms with Gasteiger partial charge in [-0.25, -0.2) is 13.2 Å². The van der Waals surface area contributed by atoms with Crippen LogP contribution in [0.15, 0.2) is 34.7 Å². The summed E-state index contributed by atoms with van der Waals surface area (Å²) in [6, 6.07) is 4.08. The number of carbonyl (C=O) groups is 1. The molecule has 24 heavy (non-hydrogen) atoms. The van der Waals surface area contributed by atoms with Crippen LogP contribution in [0.4, 0.5) is 0 Å². The molecule has 0 N–H and O–H groups in total. The molecule has 1 saturated heterocycles. The van der Waals surface area contributed by atoms with E-state index in [0.717, 1.165) is 0 Å². The molecule has 132 valence electrons. The maximum Gasteiger partial charge on any atom is 0.338 e. The van der Waals surface area contributed by atoms with E-state index in [9.17, 15) is 13.2 Å². The summed E-state index contributed by atoms with van der Waals surface area (Å²) in [7, 11) is -2.45. The van der Waals surface area contributed by atoms with Crippen molar-refractivity contribution in [2.24, 2.45) is 0 Å². The zero-order chi connectivity index (χ0) is 17.7. The first-order valence-electron chi connectivity index (χ1n) is 7.12. The molecular weight excluding hydrogens is 358 g/mol. The minimum atomic E-state index is -3.82. The summed E-state index contributed by atoms with van der Waals surface area (Å²) < 4.78 is 42.2. The second-order valence-electron chi connectivity index (χ2n) is 4.98. The Bertz CT molecular complexity index is 727. The van der Waals surface area contributed by atoms with Crippen LogP contribution in [0.2, 0.25) is 0 Å². The van der Waals surface area contributed by atoms with Crippen molar-refractivity contribution in [3.8, 4) is 5.75 Å². The van der Waals surface area contributed by atoms with Crippen LogP contribution in [0.3, 0.4) is 0 Å². The quantitative estimate of drug-likeness (QED) is 0.703. The van der Waals surface area contributed by atoms with E-state index in [1.165, 1.54) is 29.6 Å². The van der Waals surface area contributed by atoms with Crippen LogP contribution >= 0.6 is 11.6 Å². The van der Waals surface area contributed by atoms with Crippen LogP contribution < -0.4 is 4.74 Å². The van der Waals surface area contributed by atoms with Gasteiger partial charge in [0.05, 0.1) is 25.9 Å². The normalized spacial score (nSPS) is 15.8. The summed E-state index contributed by atoms with van der Waals surface area (Å²) in [5, 5.41) is 0.165. The molecule has 1 aliphatic heterocycles. The molecule has 0 atom stereocenters. The Labute approximate surface area is 145 Å². The lowest BCUT2D eigenvalue weighted by atomic mass is 10.2. The van der Waals surface area contributed by atoms with Gasteiger partial charge in [0, 0.05) is 18.1 Å². The number of esters is 1. The van der Waals surface area contributed by atoms with E-state index in [4.69, 9.17) is 25.8 Å². The third kappa shape index (κ3) is 4.27. The van der Waals surface area contributed by atoms with Crippen molar-refractivity contribution in [2.75, 3.05) is 40.0 Å². The Hall–Kier alpha value is -1.61. The summed E-state index contributed by atoms with van der Waals surface area (Å²) in [5.74, 6) is -0.544. The molecule has 0 aromatic heterocycles. The third-order valence-corrected chi connectivity index (χ3v) is 5.38. The molecule has 2 rings (SSSR count). The Morgan fingerprint density at radius 3 is 2.62 bits per heavy atom. The fourth-order valence-electron chi connectivity index (χ4n) is 2.16. The Morgan fingerprint density at radius 1 is 1.38 bits per heavy atom. The number of hydrogen-bond donors (Lipinski definition) is 0. The average molecular weight is 376 g/mol. The van der Waals surface area contributed by atoms with Gasteiger partial charge in [-0.2, -0.15) is 4.31 Å². The second-order valence-corrected chi connectivity index (χ2v) is 7.42. The van der Waals surface area contributed by atoms with E-state index in [-0.39, 0.29) is 40.9 Å². The van der Waals surface area contributed by atoms with E-state index >= 15 is 0 Å². The molecule has 0 saturated carbocycles. The lowest BCUT2D eigenvalue weighted by Gasteiger charge is -2.26. The predicted octanol–water partition coefficient (Wildman–Crippen LogP) is 1.63. The number of halogens is 1. The highest BCUT2D eigenvalue weighted by atomic mass is 35.5. The smallest absolute Gasteiger partial charge is 0.338 e. The topological polar surface area (TPSA) is 82.1 Å². The average Bonchev–Trinajstić information content (AvgIpc) is 2.59. The maximum atomic E-state index is 12.8. The van der Waals surface area contributed by atoms with Crippen LogP contribution in [-0.2, 0) is 19.5 Å². The fourth-order valence-corrected chi connectivity index (χ4v) is 3.80. The molecule has 0 spiro atoms. The van der Waals surface area contributed by atoms with Crippen LogP contribution in [0.5, 0.6) is 5.75 Å². The fraction of sp³-hybridized carbons (Fsp3) is 0.400. The number of hydrogen-bond acceptors (Lipinski definition) is 6. The zero-order valence-electron chi connectivity index (χ0n) is 13.2. The molecule has 0 aliphatic carbocycles. The number of rotatable bonds is 6. The van der Waals surface area contributed by atoms with E-state index in [2.05, 4.69) is 6.58 Å². The van der Waals surface area contributed by atoms with E-state index < -0.39 is 16.0 Å². The molecule has 0 amide bonds. The minimum Gasteiger partial charge on any atom is -0.495 e. The first-order chi connectivity index (χ1) is 11.4. The molecule has 0 unspecified atom stereocenters. The highest BCUT2D eigenvalue weighted by Gasteiger charge is 2.30. The number of carbonyl (C=O) groups excluding carboxylic acids is 1. The van der Waals surface area contributed by atoms with Gasteiger partial charge in [-0.15, -0.1) is 0 Å². The zero-order valence-corrected chi connectivity index (χ0v) is 14.7. The molecule has 7 nitrogen and oxygen atoms in total. The SMILES string of the molecule is C=C(Cl)COC(=O)c1ccc(OC)c(S(=O)(=O)N2CCOCC2)c1. The van der Waals surface area contributed by atoms with E-state index in [0.29, 0.717) is 13.2 Å². The third-order valence-electron chi connectivity index (χ3n) is 3.35. The van der Waals surface area contributed by atoms with Crippen molar-refractivity contribution >= 4 is 27.6 Å². The lowest BCUT2D eigenvalue weighted by Crippen LogP contribution is -2.40. The van der Waals surface area contributed by atoms with Gasteiger partial charge in [-0.1, -0.05) is 18.2 Å². The number of nitrogens with zero attached hydrogens (tertiary/aromatic N) is 1. The summed E-state index contributed by atoms with van der Waals surface area (Å²) in [6.45, 7) is 4.39. The Kier molecular flexibility index (Phi) is 6.22. The standard InChI is InChI=1S/C15H18ClNO6S/c1-11(16)10-23-15(18)12-3-4-13(21-2)14(9-12)24(19,20)17-5-7-22-8-6-17/h3-4,9H,1,5-8,10H2,2H3. The molecule has 9 heteroatoms. The van der Waals surface area contributed by atoms with Gasteiger partial charge in [0.25, 0.3) is 0 Å². The number of methoxy groups -OCH3 is 1. The van der Waals surface area contributed by atoms with Gasteiger partial charge in [-0.3, -0.25) is 0 Å². The maximum absolute atomic E-state index is 12.8. The number of ether oxygens (including phenoxy) is 3. The minimum absolute atomic E-state index is 0.0838. The van der Waals surface area contributed by atoms with Gasteiger partial charge >= 0.3 is 5.97 Å². The highest BCUT2D eigenvalue weighted by Crippen LogP contribution is 2.28. The van der Waals surface area contributed by atoms with Gasteiger partial charge in [-0.05, 0) is 18.2 Å². The number of benzene rings is 1. The first kappa shape index (κ1) is 18.7. The van der Waals surface area contributed by atoms with Crippen molar-refractivity contribution in [3.63, 3.8) is 0 Å². The van der Waals surface area contributed by atoms with Crippen molar-refractivity contribution in [1.29, 1.82) is 0 Å². The van der Waals surface area contributed by atoms with Gasteiger partial charge in [0.1, 0.15) is 17.3 Å². The molecule has 1 aromatic rings. The van der Waals surface area contributed by atoms with Gasteiger partial charge in [0.2, 0.25) is 10.0 Å². The van der Waals surface area contributed by atoms with E-state index in [1.807, 2.05) is 0 Å². The lowest BCUT2D eigenvalue weighted by molar-refractivity contribution is 0.0545. The molecule has 1 fully saturated rings. The van der Waals surface area contributed by atoms with Crippen LogP contribution in [-0.4, -0.2) is 58.7 Å². The highest BCUT2D eigenvalue weighted by molar-refractivity contribution is 7.89. The van der Waals surface area contributed by atoms with Gasteiger partial charge in [0.15, 0.2) is 0 Å². The molecule has 1 aliphatic rings. The molecular formula is C15H18ClNO6S. The summed E-state index contributed by atoms with van der Waals surface area (Å²) in [4.78, 5) is 11.9. The van der Waals surface area contributed by atoms with Crippen molar-refractivity contribution in [3.05, 3.63) is 35.4 Å². The first-order valence-corrected chi connectivity index (χ1v) is 8.94. The monoisotopic (exact) mass is 375 g/mol. The van der Waals surface area contributed by atoms with Crippen molar-refractivity contribution in [2.45, 2.75) is 4.90 Å². The molecule has 1 heterocycles. The number of morpholine rings is 1. The summed E-state index contributed by atoms with van der Waals surface area (Å²) in [5.41, 5.74) is 0.0838. The van der Waals surface area contributed by atoms with Crippen LogP contribution in [0.1, 0.15) is 10.4 Å². The second kappa shape index (κ2) is 7.98. The predicted molar refractivity (Wildman–Crippen MR) is 87.8 cm³/mol.